The molecule has 1 heterocycles. The molecule has 9 atom stereocenters. The van der Waals surface area contributed by atoms with Gasteiger partial charge in [-0.05, 0) is 78.5 Å². The first kappa shape index (κ1) is 44.4. The zero-order chi connectivity index (χ0) is 42.2. The van der Waals surface area contributed by atoms with Gasteiger partial charge in [0, 0.05) is 48.4 Å². The molecule has 0 spiro atoms. The molecule has 2 aromatic carbocycles. The van der Waals surface area contributed by atoms with Gasteiger partial charge >= 0.3 is 0 Å². The molecule has 1 saturated heterocycles. The van der Waals surface area contributed by atoms with Gasteiger partial charge in [-0.1, -0.05) is 59.7 Å². The van der Waals surface area contributed by atoms with E-state index >= 15 is 0 Å². The predicted octanol–water partition coefficient (Wildman–Crippen LogP) is 5.22. The largest absolute Gasteiger partial charge is 0.496 e. The fourth-order valence-corrected chi connectivity index (χ4v) is 10.0. The van der Waals surface area contributed by atoms with Gasteiger partial charge in [0.25, 0.3) is 5.91 Å². The van der Waals surface area contributed by atoms with Crippen molar-refractivity contribution >= 4 is 17.5 Å². The van der Waals surface area contributed by atoms with Crippen molar-refractivity contribution in [3.05, 3.63) is 47.5 Å². The normalized spacial score (nSPS) is 26.8. The molecular formula is C45H69N6O6+. The number of methoxy groups -OCH3 is 1. The third-order valence-electron chi connectivity index (χ3n) is 13.1. The van der Waals surface area contributed by atoms with Crippen LogP contribution in [0, 0.1) is 45.8 Å². The van der Waals surface area contributed by atoms with Crippen molar-refractivity contribution in [2.24, 2.45) is 34.5 Å². The van der Waals surface area contributed by atoms with Crippen molar-refractivity contribution < 1.29 is 33.9 Å². The van der Waals surface area contributed by atoms with E-state index in [0.717, 1.165) is 35.2 Å². The summed E-state index contributed by atoms with van der Waals surface area (Å²) in [6.07, 6.45) is 1.18. The summed E-state index contributed by atoms with van der Waals surface area (Å²) in [6, 6.07) is 12.8. The van der Waals surface area contributed by atoms with Crippen LogP contribution in [0.5, 0.6) is 5.75 Å². The molecule has 2 aromatic rings. The van der Waals surface area contributed by atoms with E-state index in [4.69, 9.17) is 9.57 Å². The van der Waals surface area contributed by atoms with Gasteiger partial charge in [-0.3, -0.25) is 14.4 Å². The number of likely N-dealkylation sites (N-methyl/N-ethyl adjacent to an activating group) is 1. The summed E-state index contributed by atoms with van der Waals surface area (Å²) >= 11 is 0. The molecule has 3 aliphatic carbocycles. The van der Waals surface area contributed by atoms with Gasteiger partial charge in [-0.15, -0.1) is 0 Å². The molecule has 2 bridgehead atoms. The quantitative estimate of drug-likeness (QED) is 0.141. The van der Waals surface area contributed by atoms with Gasteiger partial charge in [0.05, 0.1) is 53.0 Å². The first-order valence-electron chi connectivity index (χ1n) is 20.6. The van der Waals surface area contributed by atoms with Crippen LogP contribution < -0.4 is 20.3 Å². The van der Waals surface area contributed by atoms with E-state index in [1.165, 1.54) is 6.42 Å². The number of hydrogen-bond acceptors (Lipinski definition) is 9. The first-order valence-corrected chi connectivity index (χ1v) is 20.6. The lowest BCUT2D eigenvalue weighted by Crippen LogP contribution is -2.62. The van der Waals surface area contributed by atoms with Gasteiger partial charge < -0.3 is 35.0 Å². The molecule has 6 rings (SSSR count). The minimum Gasteiger partial charge on any atom is -0.496 e. The zero-order valence-corrected chi connectivity index (χ0v) is 36.4. The average Bonchev–Trinajstić information content (AvgIpc) is 3.49. The van der Waals surface area contributed by atoms with Crippen LogP contribution in [0.25, 0.3) is 11.1 Å². The Labute approximate surface area is 341 Å². The van der Waals surface area contributed by atoms with Gasteiger partial charge in [-0.2, -0.15) is 10.3 Å². The topological polar surface area (TPSA) is 147 Å². The van der Waals surface area contributed by atoms with Crippen molar-refractivity contribution in [3.8, 4) is 22.9 Å². The number of nitriles is 1. The number of para-hydroxylation sites is 1. The number of nitrogens with zero attached hydrogens (tertiary/aromatic N) is 4. The van der Waals surface area contributed by atoms with Gasteiger partial charge in [0.1, 0.15) is 24.0 Å². The van der Waals surface area contributed by atoms with Gasteiger partial charge in [-0.25, -0.2) is 0 Å². The summed E-state index contributed by atoms with van der Waals surface area (Å²) in [4.78, 5) is 36.7. The van der Waals surface area contributed by atoms with Crippen molar-refractivity contribution in [1.29, 1.82) is 5.26 Å². The lowest BCUT2D eigenvalue weighted by atomic mass is 9.45. The summed E-state index contributed by atoms with van der Waals surface area (Å²) in [5, 5.41) is 39.1. The smallest absolute Gasteiger partial charge is 0.251 e. The third-order valence-corrected chi connectivity index (χ3v) is 13.1. The lowest BCUT2D eigenvalue weighted by molar-refractivity contribution is -0.884. The Kier molecular flexibility index (Phi) is 13.4. The molecule has 0 radical (unpaired) electrons. The predicted molar refractivity (Wildman–Crippen MR) is 223 cm³/mol. The highest BCUT2D eigenvalue weighted by molar-refractivity contribution is 5.97. The fourth-order valence-electron chi connectivity index (χ4n) is 10.0. The molecular weight excluding hydrogens is 721 g/mol. The van der Waals surface area contributed by atoms with Crippen LogP contribution >= 0.6 is 0 Å². The van der Waals surface area contributed by atoms with Crippen molar-refractivity contribution in [2.45, 2.75) is 105 Å². The maximum atomic E-state index is 14.3. The second-order valence-electron chi connectivity index (χ2n) is 19.8. The number of rotatable bonds is 15. The van der Waals surface area contributed by atoms with Crippen LogP contribution in [0.4, 0.5) is 5.69 Å². The number of carbonyl (C=O) groups excluding carboxylic acids is 2. The Balaban J connectivity index is 1.46. The minimum absolute atomic E-state index is 0.0269. The number of aliphatic hydroxyl groups excluding tert-OH is 2. The average molecular weight is 790 g/mol. The molecule has 12 nitrogen and oxygen atoms in total. The number of quaternary nitrogens is 1. The van der Waals surface area contributed by atoms with E-state index < -0.39 is 24.2 Å². The Bertz CT molecular complexity index is 1800. The molecule has 12 heteroatoms. The van der Waals surface area contributed by atoms with E-state index in [9.17, 15) is 25.1 Å². The lowest BCUT2D eigenvalue weighted by Gasteiger charge is -2.62. The number of hydrogen-bond donors (Lipinski definition) is 4. The Morgan fingerprint density at radius 3 is 2.44 bits per heavy atom. The Morgan fingerprint density at radius 1 is 1.18 bits per heavy atom. The number of anilines is 1. The maximum absolute atomic E-state index is 14.3. The minimum atomic E-state index is -0.912. The summed E-state index contributed by atoms with van der Waals surface area (Å²) in [5.74, 6) is 0.929. The molecule has 0 aromatic heterocycles. The van der Waals surface area contributed by atoms with Crippen LogP contribution in [-0.2, 0) is 16.2 Å². The standard InChI is InChI=1S/C45H68N6O6/c1-27-36-21-32(45(36,6)7)22-37(27)48-43(55)40-39(28(2)53)38(26-52)57-50(40)24-29-14-13-15-35(41(29)56-12)30-18-31(20-34(19-30)49(8)9)42(54)47-33(23-44(3,4)5)25-51(10,11)17-16-46/h13-15,18-20,27-28,32-33,36-40,52-53H,17,21-26H2,1-12H3,(H-,47,48,54,55)/p+1/t27-,28-,32-,33-,36-,37-,38-,39-,40-/m0/s1. The molecule has 314 valence electrons. The van der Waals surface area contributed by atoms with Gasteiger partial charge in [0.15, 0.2) is 6.54 Å². The number of nitrogens with one attached hydrogen (secondary N) is 2. The van der Waals surface area contributed by atoms with Crippen LogP contribution in [0.15, 0.2) is 36.4 Å². The zero-order valence-electron chi connectivity index (χ0n) is 36.4. The summed E-state index contributed by atoms with van der Waals surface area (Å²) < 4.78 is 6.57. The highest BCUT2D eigenvalue weighted by Gasteiger charge is 2.57. The molecule has 4 N–H and O–H groups in total. The second-order valence-corrected chi connectivity index (χ2v) is 19.8. The van der Waals surface area contributed by atoms with Crippen molar-refractivity contribution in [2.75, 3.05) is 59.9 Å². The van der Waals surface area contributed by atoms with E-state index in [1.54, 1.807) is 19.1 Å². The number of benzene rings is 2. The van der Waals surface area contributed by atoms with E-state index in [2.05, 4.69) is 58.2 Å². The number of hydroxylamine groups is 2. The van der Waals surface area contributed by atoms with Crippen LogP contribution in [0.2, 0.25) is 0 Å². The first-order chi connectivity index (χ1) is 26.6. The molecule has 2 amide bonds. The van der Waals surface area contributed by atoms with E-state index in [0.29, 0.717) is 46.6 Å². The monoisotopic (exact) mass is 790 g/mol. The van der Waals surface area contributed by atoms with Crippen molar-refractivity contribution in [3.63, 3.8) is 0 Å². The SMILES string of the molecule is COc1c(CN2O[C@@H](CO)[C@H]([C@H](C)O)[C@H]2C(=O)N[C@H]2C[C@@H]3C[C@@H]([C@@H]2C)C3(C)C)cccc1-c1cc(C(=O)N[C@@H](CC(C)(C)C)C[N+](C)(C)CC#N)cc(N(C)C)c1. The van der Waals surface area contributed by atoms with E-state index in [-0.39, 0.29) is 47.9 Å². The molecule has 1 aliphatic heterocycles. The molecule has 3 saturated carbocycles. The van der Waals surface area contributed by atoms with Crippen LogP contribution in [-0.4, -0.2) is 117 Å². The van der Waals surface area contributed by atoms with Crippen LogP contribution in [0.1, 0.15) is 83.7 Å². The second kappa shape index (κ2) is 17.2. The molecule has 4 aliphatic rings. The van der Waals surface area contributed by atoms with Gasteiger partial charge in [0.2, 0.25) is 5.91 Å². The fraction of sp³-hybridized carbons (Fsp3) is 0.667. The number of amides is 2. The molecule has 4 fully saturated rings. The number of carbonyl (C=O) groups is 2. The maximum Gasteiger partial charge on any atom is 0.251 e. The summed E-state index contributed by atoms with van der Waals surface area (Å²) in [7, 11) is 9.48. The highest BCUT2D eigenvalue weighted by atomic mass is 16.7. The highest BCUT2D eigenvalue weighted by Crippen LogP contribution is 2.61. The number of fused-ring (bicyclic) bond motifs is 2. The Morgan fingerprint density at radius 2 is 1.88 bits per heavy atom. The number of ether oxygens (including phenoxy) is 1. The molecule has 0 unspecified atom stereocenters. The number of aliphatic hydroxyl groups is 2. The Hall–Kier alpha value is -3.73. The summed E-state index contributed by atoms with van der Waals surface area (Å²) in [5.41, 5.74) is 3.83. The molecule has 57 heavy (non-hydrogen) atoms. The van der Waals surface area contributed by atoms with Crippen molar-refractivity contribution in [1.82, 2.24) is 15.7 Å². The third kappa shape index (κ3) is 9.77. The van der Waals surface area contributed by atoms with E-state index in [1.807, 2.05) is 69.5 Å². The van der Waals surface area contributed by atoms with Crippen LogP contribution in [0.3, 0.4) is 0 Å². The summed E-state index contributed by atoms with van der Waals surface area (Å²) in [6.45, 7) is 15.7.